The normalized spacial score (nSPS) is 29.3. The molecule has 2 aliphatic carbocycles. The highest BCUT2D eigenvalue weighted by Crippen LogP contribution is 2.53. The number of nitrogens with zero attached hydrogens (tertiary/aromatic N) is 1. The van der Waals surface area contributed by atoms with Crippen LogP contribution in [0.25, 0.3) is 0 Å². The van der Waals surface area contributed by atoms with Crippen molar-refractivity contribution in [1.82, 2.24) is 4.98 Å². The summed E-state index contributed by atoms with van der Waals surface area (Å²) in [7, 11) is 1.42. The number of hydrogen-bond donors (Lipinski definition) is 7. The van der Waals surface area contributed by atoms with Gasteiger partial charge < -0.3 is 50.2 Å². The van der Waals surface area contributed by atoms with Crippen LogP contribution in [-0.2, 0) is 17.8 Å². The van der Waals surface area contributed by atoms with Crippen molar-refractivity contribution in [3.63, 3.8) is 0 Å². The van der Waals surface area contributed by atoms with Crippen molar-refractivity contribution < 1.29 is 45.2 Å². The molecule has 3 aromatic rings. The van der Waals surface area contributed by atoms with E-state index in [0.29, 0.717) is 42.7 Å². The molecule has 0 bridgehead atoms. The number of aliphatic hydroxyl groups is 4. The van der Waals surface area contributed by atoms with Crippen molar-refractivity contribution in [2.45, 2.75) is 114 Å². The van der Waals surface area contributed by atoms with Gasteiger partial charge in [0.2, 0.25) is 5.75 Å². The number of rotatable bonds is 11. The minimum Gasteiger partial charge on any atom is -0.670 e. The summed E-state index contributed by atoms with van der Waals surface area (Å²) in [4.78, 5) is 4.16. The van der Waals surface area contributed by atoms with E-state index in [2.05, 4.69) is 18.0 Å². The first-order valence-corrected chi connectivity index (χ1v) is 17.9. The molecule has 3 aliphatic rings. The van der Waals surface area contributed by atoms with Crippen molar-refractivity contribution >= 4 is 0 Å². The van der Waals surface area contributed by atoms with E-state index >= 15 is 0 Å². The van der Waals surface area contributed by atoms with Crippen LogP contribution in [0.3, 0.4) is 0 Å². The van der Waals surface area contributed by atoms with Gasteiger partial charge in [-0.3, -0.25) is 0 Å². The monoisotopic (exact) mass is 678 g/mol. The molecule has 0 radical (unpaired) electrons. The topological polar surface area (TPSA) is 174 Å². The van der Waals surface area contributed by atoms with Gasteiger partial charge in [0, 0.05) is 30.1 Å². The van der Waals surface area contributed by atoms with E-state index < -0.39 is 36.4 Å². The summed E-state index contributed by atoms with van der Waals surface area (Å²) in [5.74, 6) is -0.0507. The van der Waals surface area contributed by atoms with Crippen molar-refractivity contribution in [2.24, 2.45) is 17.8 Å². The molecule has 49 heavy (non-hydrogen) atoms. The van der Waals surface area contributed by atoms with Crippen LogP contribution >= 0.6 is 0 Å². The smallest absolute Gasteiger partial charge is 0.201 e. The second-order valence-electron chi connectivity index (χ2n) is 14.7. The lowest BCUT2D eigenvalue weighted by Crippen LogP contribution is -2.44. The van der Waals surface area contributed by atoms with Gasteiger partial charge in [-0.25, -0.2) is 0 Å². The fourth-order valence-corrected chi connectivity index (χ4v) is 9.16. The second kappa shape index (κ2) is 15.3. The van der Waals surface area contributed by atoms with Gasteiger partial charge in [-0.05, 0) is 97.8 Å². The van der Waals surface area contributed by atoms with Gasteiger partial charge in [0.1, 0.15) is 5.75 Å². The molecule has 1 saturated heterocycles. The fourth-order valence-electron chi connectivity index (χ4n) is 9.16. The zero-order chi connectivity index (χ0) is 34.8. The first-order valence-electron chi connectivity index (χ1n) is 17.9. The van der Waals surface area contributed by atoms with Crippen LogP contribution in [0.4, 0.5) is 0 Å². The summed E-state index contributed by atoms with van der Waals surface area (Å²) in [5.41, 5.74) is 4.05. The fraction of sp³-hybridized carbons (Fsp3) is 0.590. The largest absolute Gasteiger partial charge is 0.670 e. The van der Waals surface area contributed by atoms with Crippen LogP contribution in [-0.4, -0.2) is 67.8 Å². The molecular weight excluding hydrogens is 626 g/mol. The lowest BCUT2D eigenvalue weighted by atomic mass is 9.67. The number of fused-ring (bicyclic) bond motifs is 1. The quantitative estimate of drug-likeness (QED) is 0.132. The minimum atomic E-state index is -0.674. The molecule has 2 heterocycles. The van der Waals surface area contributed by atoms with Crippen molar-refractivity contribution in [3.05, 3.63) is 70.0 Å². The lowest BCUT2D eigenvalue weighted by Gasteiger charge is -2.46. The number of phenols is 3. The molecule has 6 rings (SSSR count). The number of aliphatic hydroxyl groups excluding tert-OH is 4. The molecule has 7 N–H and O–H groups in total. The highest BCUT2D eigenvalue weighted by molar-refractivity contribution is 5.64. The maximum absolute atomic E-state index is 11.5. The molecule has 1 aliphatic heterocycles. The number of methoxy groups -OCH3 is 1. The molecule has 9 unspecified atom stereocenters. The highest BCUT2D eigenvalue weighted by atomic mass is 16.5. The van der Waals surface area contributed by atoms with Crippen molar-refractivity contribution in [3.8, 4) is 23.0 Å². The van der Waals surface area contributed by atoms with Crippen LogP contribution < -0.4 is 9.72 Å². The van der Waals surface area contributed by atoms with Gasteiger partial charge in [0.05, 0.1) is 38.1 Å². The Morgan fingerprint density at radius 1 is 0.980 bits per heavy atom. The molecule has 2 aromatic carbocycles. The maximum atomic E-state index is 11.5. The van der Waals surface area contributed by atoms with E-state index in [-0.39, 0.29) is 59.9 Å². The van der Waals surface area contributed by atoms with E-state index in [1.165, 1.54) is 7.11 Å². The Kier molecular flexibility index (Phi) is 11.1. The number of aromatic nitrogens is 1. The molecule has 3 fully saturated rings. The van der Waals surface area contributed by atoms with E-state index in [0.717, 1.165) is 48.8 Å². The second-order valence-corrected chi connectivity index (χ2v) is 14.7. The predicted octanol–water partition coefficient (Wildman–Crippen LogP) is 5.28. The number of ether oxygens (including phenoxy) is 2. The number of hydrogen-bond acceptors (Lipinski definition) is 9. The third-order valence-corrected chi connectivity index (χ3v) is 11.7. The molecule has 9 atom stereocenters. The van der Waals surface area contributed by atoms with E-state index in [9.17, 15) is 35.7 Å². The molecule has 1 aromatic heterocycles. The summed E-state index contributed by atoms with van der Waals surface area (Å²) in [6, 6.07) is 7.71. The number of benzene rings is 2. The first-order chi connectivity index (χ1) is 23.6. The molecule has 0 amide bonds. The Labute approximate surface area is 288 Å². The Morgan fingerprint density at radius 3 is 2.51 bits per heavy atom. The summed E-state index contributed by atoms with van der Waals surface area (Å²) in [5, 5.41) is 75.3. The molecule has 2 saturated carbocycles. The molecule has 268 valence electrons. The average Bonchev–Trinajstić information content (AvgIpc) is 3.62. The Bertz CT molecular complexity index is 1560. The van der Waals surface area contributed by atoms with E-state index in [1.54, 1.807) is 18.5 Å². The number of aromatic hydroxyl groups is 3. The minimum absolute atomic E-state index is 0.00927. The molecular formula is C39H52NO9-. The summed E-state index contributed by atoms with van der Waals surface area (Å²) >= 11 is 0. The lowest BCUT2D eigenvalue weighted by molar-refractivity contribution is -0.154. The standard InChI is InChI=1S/C39H52NO9/c1-21-5-8-25(31(43)4-3-13-41)27(14-21)28-16-23(7-10-32(28)44)24-6-9-26-33(45)18-35(49-34(26)17-24)36-29(15-22-11-12-40-19-22)39(48-2)38(47)37(46)30(36)20-42/h7,10-12,16,19,21,24-27,31,33-35,41-47H,3-6,8-9,13-15,17-18,20H2,1-2H3/q-1. The van der Waals surface area contributed by atoms with Crippen molar-refractivity contribution in [2.75, 3.05) is 13.7 Å². The van der Waals surface area contributed by atoms with E-state index in [4.69, 9.17) is 9.47 Å². The summed E-state index contributed by atoms with van der Waals surface area (Å²) in [6.07, 6.45) is 7.88. The highest BCUT2D eigenvalue weighted by Gasteiger charge is 2.44. The van der Waals surface area contributed by atoms with Crippen LogP contribution in [0.1, 0.15) is 116 Å². The van der Waals surface area contributed by atoms with Crippen LogP contribution in [0, 0.1) is 17.8 Å². The van der Waals surface area contributed by atoms with E-state index in [1.807, 2.05) is 12.1 Å². The van der Waals surface area contributed by atoms with Gasteiger partial charge in [0.15, 0.2) is 11.5 Å². The number of phenolic OH excluding ortho intramolecular Hbond substituents is 2. The Morgan fingerprint density at radius 2 is 1.80 bits per heavy atom. The Balaban J connectivity index is 1.29. The molecule has 0 spiro atoms. The average molecular weight is 679 g/mol. The van der Waals surface area contributed by atoms with Crippen LogP contribution in [0.15, 0.2) is 36.7 Å². The summed E-state index contributed by atoms with van der Waals surface area (Å²) in [6.45, 7) is 1.73. The zero-order valence-electron chi connectivity index (χ0n) is 28.5. The van der Waals surface area contributed by atoms with Gasteiger partial charge in [0.25, 0.3) is 0 Å². The van der Waals surface area contributed by atoms with Gasteiger partial charge in [-0.15, -0.1) is 0 Å². The summed E-state index contributed by atoms with van der Waals surface area (Å²) < 4.78 is 12.4. The maximum Gasteiger partial charge on any atom is 0.201 e. The van der Waals surface area contributed by atoms with Crippen LogP contribution in [0.5, 0.6) is 23.0 Å². The van der Waals surface area contributed by atoms with Crippen molar-refractivity contribution in [1.29, 1.82) is 0 Å². The van der Waals surface area contributed by atoms with Crippen LogP contribution in [0.2, 0.25) is 0 Å². The zero-order valence-corrected chi connectivity index (χ0v) is 28.5. The Hall–Kier alpha value is -3.28. The third kappa shape index (κ3) is 7.17. The van der Waals surface area contributed by atoms with Gasteiger partial charge >= 0.3 is 0 Å². The predicted molar refractivity (Wildman–Crippen MR) is 183 cm³/mol. The molecule has 10 heteroatoms. The molecule has 10 nitrogen and oxygen atoms in total. The SMILES string of the molecule is COc1c(O)c(O)c(CO)c(C2CC(O)C3CCC(c4ccc(O)c(C5CC(C)CCC5C(O)CCCO)c4)CC3O2)c1Cc1cc[n-]c1. The third-order valence-electron chi connectivity index (χ3n) is 11.7. The van der Waals surface area contributed by atoms with Gasteiger partial charge in [-0.2, -0.15) is 12.4 Å². The van der Waals surface area contributed by atoms with Gasteiger partial charge in [-0.1, -0.05) is 37.1 Å². The first kappa shape index (κ1) is 35.5.